The zero-order valence-corrected chi connectivity index (χ0v) is 13.0. The summed E-state index contributed by atoms with van der Waals surface area (Å²) in [4.78, 5) is 2.73. The largest absolute Gasteiger partial charge is 0.383 e. The molecule has 4 atom stereocenters. The van der Waals surface area contributed by atoms with Gasteiger partial charge in [0.05, 0.1) is 6.61 Å². The molecule has 0 saturated heterocycles. The van der Waals surface area contributed by atoms with Gasteiger partial charge in [0.15, 0.2) is 0 Å². The highest BCUT2D eigenvalue weighted by Crippen LogP contribution is 2.39. The predicted molar refractivity (Wildman–Crippen MR) is 80.1 cm³/mol. The number of methoxy groups -OCH3 is 1. The van der Waals surface area contributed by atoms with Gasteiger partial charge in [-0.25, -0.2) is 0 Å². The van der Waals surface area contributed by atoms with E-state index in [-0.39, 0.29) is 0 Å². The highest BCUT2D eigenvalue weighted by atomic mass is 16.5. The Kier molecular flexibility index (Phi) is 5.67. The third kappa shape index (κ3) is 3.93. The van der Waals surface area contributed by atoms with Gasteiger partial charge in [-0.2, -0.15) is 0 Å². The van der Waals surface area contributed by atoms with Crippen molar-refractivity contribution in [2.45, 2.75) is 58.0 Å². The minimum absolute atomic E-state index is 0.680. The van der Waals surface area contributed by atoms with Crippen molar-refractivity contribution in [3.05, 3.63) is 0 Å². The number of hydrogen-bond donors (Lipinski definition) is 1. The second-order valence-corrected chi connectivity index (χ2v) is 6.79. The van der Waals surface area contributed by atoms with Gasteiger partial charge < -0.3 is 10.5 Å². The van der Waals surface area contributed by atoms with Gasteiger partial charge in [0.1, 0.15) is 0 Å². The van der Waals surface area contributed by atoms with Crippen LogP contribution in [-0.4, -0.2) is 43.8 Å². The molecular formula is C16H32N2O. The quantitative estimate of drug-likeness (QED) is 0.771. The van der Waals surface area contributed by atoms with Gasteiger partial charge in [0.25, 0.3) is 0 Å². The lowest BCUT2D eigenvalue weighted by Gasteiger charge is -2.44. The van der Waals surface area contributed by atoms with E-state index in [0.29, 0.717) is 18.0 Å². The Morgan fingerprint density at radius 3 is 2.58 bits per heavy atom. The summed E-state index contributed by atoms with van der Waals surface area (Å²) in [7, 11) is 1.81. The summed E-state index contributed by atoms with van der Waals surface area (Å²) >= 11 is 0. The minimum atomic E-state index is 0.680. The van der Waals surface area contributed by atoms with E-state index in [9.17, 15) is 0 Å². The summed E-state index contributed by atoms with van der Waals surface area (Å²) in [5, 5.41) is 0. The fraction of sp³-hybridized carbons (Fsp3) is 1.00. The van der Waals surface area contributed by atoms with E-state index in [1.165, 1.54) is 32.1 Å². The number of hydrogen-bond acceptors (Lipinski definition) is 3. The molecule has 0 radical (unpaired) electrons. The van der Waals surface area contributed by atoms with E-state index < -0.39 is 0 Å². The van der Waals surface area contributed by atoms with Crippen molar-refractivity contribution < 1.29 is 4.74 Å². The zero-order chi connectivity index (χ0) is 13.8. The third-order valence-corrected chi connectivity index (χ3v) is 5.33. The highest BCUT2D eigenvalue weighted by Gasteiger charge is 2.39. The van der Waals surface area contributed by atoms with Crippen LogP contribution in [0.15, 0.2) is 0 Å². The van der Waals surface area contributed by atoms with Crippen LogP contribution in [0.5, 0.6) is 0 Å². The summed E-state index contributed by atoms with van der Waals surface area (Å²) in [6.07, 6.45) is 6.82. The normalized spacial score (nSPS) is 33.6. The molecule has 0 aromatic carbocycles. The second-order valence-electron chi connectivity index (χ2n) is 6.79. The van der Waals surface area contributed by atoms with Crippen molar-refractivity contribution >= 4 is 0 Å². The molecular weight excluding hydrogens is 236 g/mol. The van der Waals surface area contributed by atoms with Gasteiger partial charge in [0, 0.05) is 25.7 Å². The number of nitrogens with two attached hydrogens (primary N) is 1. The fourth-order valence-electron chi connectivity index (χ4n) is 3.81. The molecule has 2 saturated carbocycles. The van der Waals surface area contributed by atoms with Crippen LogP contribution in [0.25, 0.3) is 0 Å². The maximum absolute atomic E-state index is 6.04. The van der Waals surface area contributed by atoms with Gasteiger partial charge in [0.2, 0.25) is 0 Å². The SMILES string of the molecule is COCCN(C(C)C1CC1)C1CC(C)CCC1CN. The summed E-state index contributed by atoms with van der Waals surface area (Å²) in [6.45, 7) is 7.58. The van der Waals surface area contributed by atoms with Gasteiger partial charge in [-0.05, 0) is 56.9 Å². The molecule has 2 aliphatic carbocycles. The Hall–Kier alpha value is -0.120. The Balaban J connectivity index is 2.04. The monoisotopic (exact) mass is 268 g/mol. The van der Waals surface area contributed by atoms with Crippen molar-refractivity contribution in [1.82, 2.24) is 4.90 Å². The molecule has 0 spiro atoms. The van der Waals surface area contributed by atoms with Crippen LogP contribution in [0.1, 0.15) is 46.0 Å². The molecule has 0 aromatic rings. The smallest absolute Gasteiger partial charge is 0.0589 e. The first-order valence-corrected chi connectivity index (χ1v) is 8.12. The summed E-state index contributed by atoms with van der Waals surface area (Å²) in [5.74, 6) is 2.46. The molecule has 19 heavy (non-hydrogen) atoms. The minimum Gasteiger partial charge on any atom is -0.383 e. The molecule has 2 fully saturated rings. The van der Waals surface area contributed by atoms with Crippen molar-refractivity contribution in [3.8, 4) is 0 Å². The predicted octanol–water partition coefficient (Wildman–Crippen LogP) is 2.50. The molecule has 4 unspecified atom stereocenters. The van der Waals surface area contributed by atoms with E-state index in [2.05, 4.69) is 18.7 Å². The molecule has 0 aliphatic heterocycles. The van der Waals surface area contributed by atoms with E-state index >= 15 is 0 Å². The average molecular weight is 268 g/mol. The molecule has 0 bridgehead atoms. The lowest BCUT2D eigenvalue weighted by Crippen LogP contribution is -2.52. The van der Waals surface area contributed by atoms with Crippen LogP contribution in [0.2, 0.25) is 0 Å². The van der Waals surface area contributed by atoms with E-state index in [4.69, 9.17) is 10.5 Å². The van der Waals surface area contributed by atoms with Crippen molar-refractivity contribution in [2.75, 3.05) is 26.8 Å². The molecule has 0 amide bonds. The molecule has 112 valence electrons. The zero-order valence-electron chi connectivity index (χ0n) is 13.0. The average Bonchev–Trinajstić information content (AvgIpc) is 3.23. The van der Waals surface area contributed by atoms with Crippen LogP contribution >= 0.6 is 0 Å². The fourth-order valence-corrected chi connectivity index (χ4v) is 3.81. The first kappa shape index (κ1) is 15.3. The molecule has 2 N–H and O–H groups in total. The lowest BCUT2D eigenvalue weighted by atomic mass is 9.77. The van der Waals surface area contributed by atoms with Crippen LogP contribution in [0, 0.1) is 17.8 Å². The van der Waals surface area contributed by atoms with Crippen LogP contribution in [0.3, 0.4) is 0 Å². The number of nitrogens with zero attached hydrogens (tertiary/aromatic N) is 1. The van der Waals surface area contributed by atoms with Crippen LogP contribution in [0.4, 0.5) is 0 Å². The second kappa shape index (κ2) is 7.05. The summed E-state index contributed by atoms with van der Waals surface area (Å²) in [5.41, 5.74) is 6.04. The van der Waals surface area contributed by atoms with E-state index in [0.717, 1.165) is 31.5 Å². The first-order valence-electron chi connectivity index (χ1n) is 8.12. The lowest BCUT2D eigenvalue weighted by molar-refractivity contribution is 0.0267. The maximum atomic E-state index is 6.04. The van der Waals surface area contributed by atoms with Crippen molar-refractivity contribution in [2.24, 2.45) is 23.5 Å². The number of ether oxygens (including phenoxy) is 1. The van der Waals surface area contributed by atoms with Crippen LogP contribution < -0.4 is 5.73 Å². The van der Waals surface area contributed by atoms with E-state index in [1.54, 1.807) is 0 Å². The standard InChI is InChI=1S/C16H32N2O/c1-12-4-5-15(11-17)16(10-12)18(8-9-19-3)13(2)14-6-7-14/h12-16H,4-11,17H2,1-3H3. The molecule has 3 heteroatoms. The molecule has 2 rings (SSSR count). The number of rotatable bonds is 7. The third-order valence-electron chi connectivity index (χ3n) is 5.33. The van der Waals surface area contributed by atoms with Gasteiger partial charge in [-0.15, -0.1) is 0 Å². The van der Waals surface area contributed by atoms with Gasteiger partial charge in [-0.3, -0.25) is 4.90 Å². The Labute approximate surface area is 118 Å². The van der Waals surface area contributed by atoms with Gasteiger partial charge in [-0.1, -0.05) is 13.3 Å². The Morgan fingerprint density at radius 1 is 1.26 bits per heavy atom. The molecule has 0 aromatic heterocycles. The molecule has 0 heterocycles. The maximum Gasteiger partial charge on any atom is 0.0589 e. The molecule has 3 nitrogen and oxygen atoms in total. The van der Waals surface area contributed by atoms with Crippen molar-refractivity contribution in [1.29, 1.82) is 0 Å². The first-order chi connectivity index (χ1) is 9.17. The van der Waals surface area contributed by atoms with Crippen molar-refractivity contribution in [3.63, 3.8) is 0 Å². The van der Waals surface area contributed by atoms with Crippen LogP contribution in [-0.2, 0) is 4.74 Å². The Bertz CT molecular complexity index is 267. The van der Waals surface area contributed by atoms with E-state index in [1.807, 2.05) is 7.11 Å². The Morgan fingerprint density at radius 2 is 2.00 bits per heavy atom. The topological polar surface area (TPSA) is 38.5 Å². The summed E-state index contributed by atoms with van der Waals surface area (Å²) in [6, 6.07) is 1.39. The molecule has 2 aliphatic rings. The summed E-state index contributed by atoms with van der Waals surface area (Å²) < 4.78 is 5.34. The highest BCUT2D eigenvalue weighted by molar-refractivity contribution is 4.93. The van der Waals surface area contributed by atoms with Gasteiger partial charge >= 0.3 is 0 Å².